The lowest BCUT2D eigenvalue weighted by Crippen LogP contribution is -2.20. The highest BCUT2D eigenvalue weighted by Gasteiger charge is 2.13. The maximum atomic E-state index is 10.8. The van der Waals surface area contributed by atoms with Crippen LogP contribution in [0.1, 0.15) is 29.6 Å². The Morgan fingerprint density at radius 1 is 1.29 bits per heavy atom. The second-order valence-corrected chi connectivity index (χ2v) is 5.17. The summed E-state index contributed by atoms with van der Waals surface area (Å²) >= 11 is 0. The molecule has 0 saturated carbocycles. The van der Waals surface area contributed by atoms with Gasteiger partial charge in [-0.2, -0.15) is 0 Å². The summed E-state index contributed by atoms with van der Waals surface area (Å²) in [5, 5.41) is 8.89. The van der Waals surface area contributed by atoms with Gasteiger partial charge in [-0.1, -0.05) is 6.07 Å². The molecule has 0 unspecified atom stereocenters. The van der Waals surface area contributed by atoms with Gasteiger partial charge in [0.2, 0.25) is 0 Å². The molecule has 0 spiro atoms. The molecule has 1 fully saturated rings. The van der Waals surface area contributed by atoms with Crippen LogP contribution in [0.4, 0.5) is 0 Å². The van der Waals surface area contributed by atoms with E-state index < -0.39 is 5.97 Å². The zero-order valence-corrected chi connectivity index (χ0v) is 12.1. The highest BCUT2D eigenvalue weighted by Crippen LogP contribution is 2.15. The van der Waals surface area contributed by atoms with E-state index in [1.165, 1.54) is 6.07 Å². The highest BCUT2D eigenvalue weighted by atomic mass is 16.5. The minimum Gasteiger partial charge on any atom is -0.493 e. The van der Waals surface area contributed by atoms with Crippen LogP contribution in [0.3, 0.4) is 0 Å². The Labute approximate surface area is 124 Å². The molecule has 0 bridgehead atoms. The van der Waals surface area contributed by atoms with Crippen LogP contribution in [0.15, 0.2) is 24.3 Å². The summed E-state index contributed by atoms with van der Waals surface area (Å²) in [6.45, 7) is 3.67. The Balaban J connectivity index is 1.57. The van der Waals surface area contributed by atoms with Crippen molar-refractivity contribution in [3.05, 3.63) is 29.8 Å². The molecule has 21 heavy (non-hydrogen) atoms. The largest absolute Gasteiger partial charge is 0.493 e. The maximum Gasteiger partial charge on any atom is 0.335 e. The van der Waals surface area contributed by atoms with Crippen molar-refractivity contribution in [2.24, 2.45) is 5.92 Å². The van der Waals surface area contributed by atoms with Gasteiger partial charge in [0.1, 0.15) is 5.75 Å². The number of ether oxygens (including phenoxy) is 3. The first-order valence-electron chi connectivity index (χ1n) is 7.37. The standard InChI is InChI=1S/C16H22O5/c17-16(18)14-3-1-4-15(11-14)21-8-2-7-20-12-13-5-9-19-10-6-13/h1,3-4,11,13H,2,5-10,12H2,(H,17,18). The normalized spacial score (nSPS) is 15.8. The van der Waals surface area contributed by atoms with E-state index in [1.54, 1.807) is 18.2 Å². The van der Waals surface area contributed by atoms with Crippen LogP contribution in [-0.2, 0) is 9.47 Å². The van der Waals surface area contributed by atoms with E-state index in [1.807, 2.05) is 0 Å². The van der Waals surface area contributed by atoms with Gasteiger partial charge in [-0.15, -0.1) is 0 Å². The van der Waals surface area contributed by atoms with Crippen LogP contribution in [0.25, 0.3) is 0 Å². The molecule has 1 aliphatic heterocycles. The Morgan fingerprint density at radius 2 is 2.10 bits per heavy atom. The maximum absolute atomic E-state index is 10.8. The van der Waals surface area contributed by atoms with Gasteiger partial charge in [-0.05, 0) is 37.0 Å². The van der Waals surface area contributed by atoms with Crippen LogP contribution < -0.4 is 4.74 Å². The predicted octanol–water partition coefficient (Wildman–Crippen LogP) is 2.60. The first-order chi connectivity index (χ1) is 10.3. The molecule has 1 saturated heterocycles. The van der Waals surface area contributed by atoms with Crippen LogP contribution in [0, 0.1) is 5.92 Å². The molecule has 5 heteroatoms. The van der Waals surface area contributed by atoms with Crippen molar-refractivity contribution in [3.8, 4) is 5.75 Å². The lowest BCUT2D eigenvalue weighted by Gasteiger charge is -2.21. The van der Waals surface area contributed by atoms with E-state index in [-0.39, 0.29) is 5.56 Å². The number of rotatable bonds is 8. The third-order valence-corrected chi connectivity index (χ3v) is 3.48. The second-order valence-electron chi connectivity index (χ2n) is 5.17. The highest BCUT2D eigenvalue weighted by molar-refractivity contribution is 5.87. The molecular weight excluding hydrogens is 272 g/mol. The molecule has 1 aromatic rings. The lowest BCUT2D eigenvalue weighted by molar-refractivity contribution is 0.0183. The Hall–Kier alpha value is -1.59. The van der Waals surface area contributed by atoms with Crippen molar-refractivity contribution < 1.29 is 24.1 Å². The third kappa shape index (κ3) is 5.73. The molecule has 2 rings (SSSR count). The zero-order valence-electron chi connectivity index (χ0n) is 12.1. The molecule has 1 heterocycles. The van der Waals surface area contributed by atoms with Gasteiger partial charge in [-0.3, -0.25) is 0 Å². The van der Waals surface area contributed by atoms with Gasteiger partial charge in [0.15, 0.2) is 0 Å². The number of carbonyl (C=O) groups is 1. The van der Waals surface area contributed by atoms with Gasteiger partial charge < -0.3 is 19.3 Å². The summed E-state index contributed by atoms with van der Waals surface area (Å²) < 4.78 is 16.5. The zero-order chi connectivity index (χ0) is 14.9. The van der Waals surface area contributed by atoms with Gasteiger partial charge in [0, 0.05) is 32.8 Å². The van der Waals surface area contributed by atoms with Crippen molar-refractivity contribution >= 4 is 5.97 Å². The molecule has 1 N–H and O–H groups in total. The minimum absolute atomic E-state index is 0.239. The number of aromatic carboxylic acids is 1. The fourth-order valence-corrected chi connectivity index (χ4v) is 2.23. The quantitative estimate of drug-likeness (QED) is 0.747. The van der Waals surface area contributed by atoms with Crippen molar-refractivity contribution in [3.63, 3.8) is 0 Å². The summed E-state index contributed by atoms with van der Waals surface area (Å²) in [6.07, 6.45) is 2.96. The fourth-order valence-electron chi connectivity index (χ4n) is 2.23. The van der Waals surface area contributed by atoms with E-state index in [4.69, 9.17) is 19.3 Å². The van der Waals surface area contributed by atoms with Gasteiger partial charge in [-0.25, -0.2) is 4.79 Å². The predicted molar refractivity (Wildman–Crippen MR) is 77.9 cm³/mol. The van der Waals surface area contributed by atoms with Gasteiger partial charge in [0.25, 0.3) is 0 Å². The first kappa shape index (κ1) is 15.8. The number of carboxylic acid groups (broad SMARTS) is 1. The Bertz CT molecular complexity index is 440. The molecule has 0 aliphatic carbocycles. The van der Waals surface area contributed by atoms with Crippen LogP contribution in [0.5, 0.6) is 5.75 Å². The van der Waals surface area contributed by atoms with Crippen LogP contribution >= 0.6 is 0 Å². The van der Waals surface area contributed by atoms with E-state index in [0.29, 0.717) is 24.9 Å². The van der Waals surface area contributed by atoms with E-state index in [0.717, 1.165) is 39.1 Å². The van der Waals surface area contributed by atoms with E-state index in [2.05, 4.69) is 0 Å². The SMILES string of the molecule is O=C(O)c1cccc(OCCCOCC2CCOCC2)c1. The van der Waals surface area contributed by atoms with Crippen LogP contribution in [0.2, 0.25) is 0 Å². The fraction of sp³-hybridized carbons (Fsp3) is 0.562. The lowest BCUT2D eigenvalue weighted by atomic mass is 10.0. The molecule has 1 aromatic carbocycles. The molecule has 0 aromatic heterocycles. The monoisotopic (exact) mass is 294 g/mol. The number of benzene rings is 1. The van der Waals surface area contributed by atoms with Crippen LogP contribution in [-0.4, -0.2) is 44.1 Å². The van der Waals surface area contributed by atoms with E-state index >= 15 is 0 Å². The third-order valence-electron chi connectivity index (χ3n) is 3.48. The summed E-state index contributed by atoms with van der Waals surface area (Å²) in [7, 11) is 0. The summed E-state index contributed by atoms with van der Waals surface area (Å²) in [5.74, 6) is 0.256. The van der Waals surface area contributed by atoms with Gasteiger partial charge in [0.05, 0.1) is 12.2 Å². The number of carboxylic acids is 1. The molecule has 116 valence electrons. The summed E-state index contributed by atoms with van der Waals surface area (Å²) in [6, 6.07) is 6.52. The Morgan fingerprint density at radius 3 is 2.86 bits per heavy atom. The smallest absolute Gasteiger partial charge is 0.335 e. The molecule has 1 aliphatic rings. The summed E-state index contributed by atoms with van der Waals surface area (Å²) in [5.41, 5.74) is 0.239. The molecular formula is C16H22O5. The van der Waals surface area contributed by atoms with Crippen molar-refractivity contribution in [2.45, 2.75) is 19.3 Å². The topological polar surface area (TPSA) is 65.0 Å². The first-order valence-corrected chi connectivity index (χ1v) is 7.37. The average molecular weight is 294 g/mol. The number of hydrogen-bond acceptors (Lipinski definition) is 4. The Kier molecular flexibility index (Phi) is 6.50. The summed E-state index contributed by atoms with van der Waals surface area (Å²) in [4.78, 5) is 10.8. The van der Waals surface area contributed by atoms with E-state index in [9.17, 15) is 4.79 Å². The van der Waals surface area contributed by atoms with Crippen molar-refractivity contribution in [2.75, 3.05) is 33.0 Å². The average Bonchev–Trinajstić information content (AvgIpc) is 2.52. The number of hydrogen-bond donors (Lipinski definition) is 1. The molecule has 0 amide bonds. The minimum atomic E-state index is -0.944. The van der Waals surface area contributed by atoms with Crippen molar-refractivity contribution in [1.29, 1.82) is 0 Å². The van der Waals surface area contributed by atoms with Gasteiger partial charge >= 0.3 is 5.97 Å². The van der Waals surface area contributed by atoms with Crippen molar-refractivity contribution in [1.82, 2.24) is 0 Å². The molecule has 5 nitrogen and oxygen atoms in total. The second kappa shape index (κ2) is 8.64. The molecule has 0 atom stereocenters. The molecule has 0 radical (unpaired) electrons.